The Balaban J connectivity index is 2.00. The van der Waals surface area contributed by atoms with Crippen molar-refractivity contribution >= 4 is 23.0 Å². The second-order valence-electron chi connectivity index (χ2n) is 5.73. The fraction of sp³-hybridized carbons (Fsp3) is 0.263. The molecule has 0 radical (unpaired) electrons. The SMILES string of the molecule is CCNC(=O)N(C)c1cnc2ccc(-c3ccc(OC)c(OC)c3)nc2n1. The number of fused-ring (bicyclic) bond motifs is 1. The maximum absolute atomic E-state index is 12.0. The third-order valence-electron chi connectivity index (χ3n) is 4.05. The molecule has 140 valence electrons. The highest BCUT2D eigenvalue weighted by Gasteiger charge is 2.13. The monoisotopic (exact) mass is 367 g/mol. The quantitative estimate of drug-likeness (QED) is 0.746. The third-order valence-corrected chi connectivity index (χ3v) is 4.05. The van der Waals surface area contributed by atoms with Gasteiger partial charge < -0.3 is 14.8 Å². The molecule has 3 aromatic rings. The van der Waals surface area contributed by atoms with Gasteiger partial charge in [-0.2, -0.15) is 0 Å². The van der Waals surface area contributed by atoms with Crippen molar-refractivity contribution in [2.24, 2.45) is 0 Å². The number of aromatic nitrogens is 3. The van der Waals surface area contributed by atoms with Crippen LogP contribution >= 0.6 is 0 Å². The van der Waals surface area contributed by atoms with E-state index in [9.17, 15) is 4.79 Å². The minimum Gasteiger partial charge on any atom is -0.493 e. The molecule has 2 heterocycles. The minimum atomic E-state index is -0.248. The molecule has 0 aliphatic rings. The van der Waals surface area contributed by atoms with E-state index in [4.69, 9.17) is 9.47 Å². The molecular weight excluding hydrogens is 346 g/mol. The number of benzene rings is 1. The molecule has 3 rings (SSSR count). The summed E-state index contributed by atoms with van der Waals surface area (Å²) in [4.78, 5) is 26.8. The van der Waals surface area contributed by atoms with Crippen molar-refractivity contribution in [3.05, 3.63) is 36.5 Å². The summed E-state index contributed by atoms with van der Waals surface area (Å²) in [5.74, 6) is 1.69. The van der Waals surface area contributed by atoms with Gasteiger partial charge in [0, 0.05) is 19.2 Å². The second kappa shape index (κ2) is 7.86. The van der Waals surface area contributed by atoms with Gasteiger partial charge in [-0.25, -0.2) is 19.7 Å². The number of hydrogen-bond donors (Lipinski definition) is 1. The lowest BCUT2D eigenvalue weighted by Crippen LogP contribution is -2.37. The molecule has 0 atom stereocenters. The number of methoxy groups -OCH3 is 2. The highest BCUT2D eigenvalue weighted by molar-refractivity contribution is 5.91. The lowest BCUT2D eigenvalue weighted by molar-refractivity contribution is 0.248. The van der Waals surface area contributed by atoms with Crippen LogP contribution in [0, 0.1) is 0 Å². The van der Waals surface area contributed by atoms with Crippen LogP contribution in [0.5, 0.6) is 11.5 Å². The molecule has 0 saturated carbocycles. The molecule has 2 aromatic heterocycles. The number of rotatable bonds is 5. The van der Waals surface area contributed by atoms with Crippen LogP contribution in [0.2, 0.25) is 0 Å². The minimum absolute atomic E-state index is 0.248. The van der Waals surface area contributed by atoms with Gasteiger partial charge in [-0.3, -0.25) is 4.90 Å². The zero-order valence-corrected chi connectivity index (χ0v) is 15.7. The first-order valence-electron chi connectivity index (χ1n) is 8.45. The van der Waals surface area contributed by atoms with Crippen LogP contribution in [-0.4, -0.2) is 48.8 Å². The largest absolute Gasteiger partial charge is 0.493 e. The number of carbonyl (C=O) groups excluding carboxylic acids is 1. The lowest BCUT2D eigenvalue weighted by Gasteiger charge is -2.16. The molecule has 27 heavy (non-hydrogen) atoms. The summed E-state index contributed by atoms with van der Waals surface area (Å²) >= 11 is 0. The van der Waals surface area contributed by atoms with E-state index in [1.54, 1.807) is 27.5 Å². The standard InChI is InChI=1S/C19H21N5O3/c1-5-20-19(25)24(2)17-11-21-14-8-7-13(22-18(14)23-17)12-6-9-15(26-3)16(10-12)27-4/h6-11H,5H2,1-4H3,(H,20,25). The Labute approximate surface area is 157 Å². The van der Waals surface area contributed by atoms with Crippen LogP contribution in [0.4, 0.5) is 10.6 Å². The van der Waals surface area contributed by atoms with E-state index in [0.717, 1.165) is 11.3 Å². The molecule has 0 unspecified atom stereocenters. The molecule has 0 spiro atoms. The number of hydrogen-bond acceptors (Lipinski definition) is 6. The number of amides is 2. The Morgan fingerprint density at radius 1 is 1.11 bits per heavy atom. The van der Waals surface area contributed by atoms with Crippen molar-refractivity contribution in [2.45, 2.75) is 6.92 Å². The number of ether oxygens (including phenoxy) is 2. The average Bonchev–Trinajstić information content (AvgIpc) is 2.71. The van der Waals surface area contributed by atoms with Crippen LogP contribution in [0.1, 0.15) is 6.92 Å². The number of nitrogens with one attached hydrogen (secondary N) is 1. The summed E-state index contributed by atoms with van der Waals surface area (Å²) in [5.41, 5.74) is 2.68. The van der Waals surface area contributed by atoms with Crippen molar-refractivity contribution < 1.29 is 14.3 Å². The molecule has 8 heteroatoms. The lowest BCUT2D eigenvalue weighted by atomic mass is 10.1. The molecule has 0 aliphatic carbocycles. The Hall–Kier alpha value is -3.42. The smallest absolute Gasteiger partial charge is 0.322 e. The molecule has 8 nitrogen and oxygen atoms in total. The Morgan fingerprint density at radius 3 is 2.59 bits per heavy atom. The van der Waals surface area contributed by atoms with E-state index < -0.39 is 0 Å². The van der Waals surface area contributed by atoms with Gasteiger partial charge in [0.25, 0.3) is 0 Å². The fourth-order valence-electron chi connectivity index (χ4n) is 2.58. The van der Waals surface area contributed by atoms with E-state index in [0.29, 0.717) is 35.0 Å². The normalized spacial score (nSPS) is 10.5. The van der Waals surface area contributed by atoms with Crippen molar-refractivity contribution in [3.63, 3.8) is 0 Å². The zero-order valence-electron chi connectivity index (χ0n) is 15.7. The van der Waals surface area contributed by atoms with Gasteiger partial charge in [0.05, 0.1) is 26.1 Å². The summed E-state index contributed by atoms with van der Waals surface area (Å²) in [7, 11) is 4.82. The topological polar surface area (TPSA) is 89.5 Å². The number of pyridine rings is 1. The number of urea groups is 1. The van der Waals surface area contributed by atoms with Gasteiger partial charge in [0.2, 0.25) is 0 Å². The van der Waals surface area contributed by atoms with Gasteiger partial charge in [0.1, 0.15) is 5.52 Å². The van der Waals surface area contributed by atoms with Crippen LogP contribution in [0.3, 0.4) is 0 Å². The number of nitrogens with zero attached hydrogens (tertiary/aromatic N) is 4. The molecule has 1 aromatic carbocycles. The zero-order chi connectivity index (χ0) is 19.4. The number of carbonyl (C=O) groups is 1. The summed E-state index contributed by atoms with van der Waals surface area (Å²) in [6.45, 7) is 2.39. The summed E-state index contributed by atoms with van der Waals surface area (Å²) in [5, 5.41) is 2.73. The summed E-state index contributed by atoms with van der Waals surface area (Å²) in [6, 6.07) is 9.04. The maximum Gasteiger partial charge on any atom is 0.322 e. The average molecular weight is 367 g/mol. The molecule has 0 aliphatic heterocycles. The van der Waals surface area contributed by atoms with Gasteiger partial charge in [-0.05, 0) is 37.3 Å². The third kappa shape index (κ3) is 3.74. The summed E-state index contributed by atoms with van der Waals surface area (Å²) in [6.07, 6.45) is 1.55. The van der Waals surface area contributed by atoms with E-state index in [1.807, 2.05) is 37.3 Å². The van der Waals surface area contributed by atoms with Gasteiger partial charge >= 0.3 is 6.03 Å². The van der Waals surface area contributed by atoms with E-state index >= 15 is 0 Å². The predicted molar refractivity (Wildman–Crippen MR) is 103 cm³/mol. The summed E-state index contributed by atoms with van der Waals surface area (Å²) < 4.78 is 10.6. The van der Waals surface area contributed by atoms with Crippen LogP contribution in [0.25, 0.3) is 22.4 Å². The highest BCUT2D eigenvalue weighted by atomic mass is 16.5. The first-order chi connectivity index (χ1) is 13.1. The highest BCUT2D eigenvalue weighted by Crippen LogP contribution is 2.32. The van der Waals surface area contributed by atoms with Crippen molar-refractivity contribution in [2.75, 3.05) is 32.7 Å². The Bertz CT molecular complexity index is 977. The van der Waals surface area contributed by atoms with Gasteiger partial charge in [-0.1, -0.05) is 0 Å². The molecule has 0 fully saturated rings. The second-order valence-corrected chi connectivity index (χ2v) is 5.73. The van der Waals surface area contributed by atoms with E-state index in [-0.39, 0.29) is 6.03 Å². The van der Waals surface area contributed by atoms with E-state index in [2.05, 4.69) is 20.3 Å². The maximum atomic E-state index is 12.0. The van der Waals surface area contributed by atoms with Crippen LogP contribution in [-0.2, 0) is 0 Å². The van der Waals surface area contributed by atoms with E-state index in [1.165, 1.54) is 4.90 Å². The Kier molecular flexibility index (Phi) is 5.35. The van der Waals surface area contributed by atoms with Crippen molar-refractivity contribution in [1.29, 1.82) is 0 Å². The predicted octanol–water partition coefficient (Wildman–Crippen LogP) is 2.87. The molecule has 1 N–H and O–H groups in total. The molecular formula is C19H21N5O3. The molecule has 2 amide bonds. The van der Waals surface area contributed by atoms with Gasteiger partial charge in [0.15, 0.2) is 23.0 Å². The first-order valence-corrected chi connectivity index (χ1v) is 8.45. The molecule has 0 saturated heterocycles. The molecule has 0 bridgehead atoms. The fourth-order valence-corrected chi connectivity index (χ4v) is 2.58. The number of anilines is 1. The van der Waals surface area contributed by atoms with Crippen LogP contribution < -0.4 is 19.7 Å². The Morgan fingerprint density at radius 2 is 1.89 bits per heavy atom. The van der Waals surface area contributed by atoms with Crippen molar-refractivity contribution in [3.8, 4) is 22.8 Å². The van der Waals surface area contributed by atoms with Crippen molar-refractivity contribution in [1.82, 2.24) is 20.3 Å². The first kappa shape index (κ1) is 18.4. The van der Waals surface area contributed by atoms with Crippen LogP contribution in [0.15, 0.2) is 36.5 Å². The van der Waals surface area contributed by atoms with Gasteiger partial charge in [-0.15, -0.1) is 0 Å².